The van der Waals surface area contributed by atoms with E-state index in [0.717, 1.165) is 15.9 Å². The summed E-state index contributed by atoms with van der Waals surface area (Å²) in [4.78, 5) is 19.7. The Morgan fingerprint density at radius 1 is 0.794 bits per heavy atom. The summed E-state index contributed by atoms with van der Waals surface area (Å²) in [6, 6.07) is 28.4. The number of fused-ring (bicyclic) bond motifs is 1. The lowest BCUT2D eigenvalue weighted by Gasteiger charge is -2.26. The summed E-state index contributed by atoms with van der Waals surface area (Å²) < 4.78 is 86.4. The van der Waals surface area contributed by atoms with Gasteiger partial charge in [-0.1, -0.05) is 54.6 Å². The fraction of sp³-hybridized carbons (Fsp3) is 0.283. The maximum Gasteiger partial charge on any atom is 0.407 e. The molecular weight excluding hydrogens is 917 g/mol. The van der Waals surface area contributed by atoms with Gasteiger partial charge in [-0.05, 0) is 96.8 Å². The van der Waals surface area contributed by atoms with Gasteiger partial charge in [-0.15, -0.1) is 10.2 Å². The summed E-state index contributed by atoms with van der Waals surface area (Å²) in [6.07, 6.45) is -2.30. The minimum Gasteiger partial charge on any atom is -0.497 e. The topological polar surface area (TPSA) is 268 Å². The Morgan fingerprint density at radius 3 is 1.93 bits per heavy atom. The third-order valence-corrected chi connectivity index (χ3v) is 13.9. The molecule has 0 aliphatic heterocycles. The fourth-order valence-electron chi connectivity index (χ4n) is 7.15. The van der Waals surface area contributed by atoms with Crippen molar-refractivity contribution >= 4 is 43.1 Å². The average molecular weight is 969 g/mol. The highest BCUT2D eigenvalue weighted by atomic mass is 32.2. The zero-order valence-corrected chi connectivity index (χ0v) is 39.8. The Bertz CT molecular complexity index is 3050. The van der Waals surface area contributed by atoms with Crippen LogP contribution in [0.15, 0.2) is 113 Å². The third-order valence-electron chi connectivity index (χ3n) is 10.4. The quantitative estimate of drug-likeness (QED) is 0.0706. The standard InChI is InChI=1S/C46H52N10O10S2/c1-46(2,3)66-45(58)48-24-32(57)25-49-67(59,60)39-23-22-36(37-8-7-9-38-41(37)51-44(47)50-38)40(43-52-54-56(53-43)28-31-14-20-35(65-6)21-15-31)42(39)68(61,62)55(26-29-10-16-33(63-4)17-11-29)27-30-12-18-34(64-5)19-13-30/h7-23,32,49,57H,24-28H2,1-6H3,(H,48,58)(H3,47,50,51)/t32-/m1/s1. The lowest BCUT2D eigenvalue weighted by Crippen LogP contribution is -2.42. The Morgan fingerprint density at radius 2 is 1.37 bits per heavy atom. The van der Waals surface area contributed by atoms with Gasteiger partial charge in [0.15, 0.2) is 5.95 Å². The first-order valence-electron chi connectivity index (χ1n) is 21.1. The number of tetrazole rings is 1. The molecule has 2 aromatic heterocycles. The average Bonchev–Trinajstić information content (AvgIpc) is 3.95. The molecule has 1 amide bonds. The molecule has 0 saturated heterocycles. The van der Waals surface area contributed by atoms with Crippen molar-refractivity contribution in [3.8, 4) is 39.8 Å². The normalized spacial score (nSPS) is 12.5. The number of rotatable bonds is 19. The molecule has 0 fully saturated rings. The van der Waals surface area contributed by atoms with Gasteiger partial charge in [0.1, 0.15) is 32.6 Å². The number of sulfonamides is 2. The van der Waals surface area contributed by atoms with Gasteiger partial charge in [0.2, 0.25) is 25.9 Å². The molecule has 0 spiro atoms. The first-order valence-corrected chi connectivity index (χ1v) is 24.0. The maximum atomic E-state index is 16.0. The highest BCUT2D eigenvalue weighted by Crippen LogP contribution is 2.43. The Hall–Kier alpha value is -7.11. The zero-order chi connectivity index (χ0) is 48.8. The van der Waals surface area contributed by atoms with Gasteiger partial charge >= 0.3 is 6.09 Å². The van der Waals surface area contributed by atoms with Crippen LogP contribution in [0.4, 0.5) is 10.7 Å². The molecule has 1 atom stereocenters. The predicted octanol–water partition coefficient (Wildman–Crippen LogP) is 5.09. The minimum atomic E-state index is -5.00. The van der Waals surface area contributed by atoms with Crippen molar-refractivity contribution < 1.29 is 45.7 Å². The lowest BCUT2D eigenvalue weighted by atomic mass is 9.98. The van der Waals surface area contributed by atoms with Crippen LogP contribution < -0.4 is 30.0 Å². The molecule has 0 radical (unpaired) electrons. The number of hydrogen-bond donors (Lipinski definition) is 5. The van der Waals surface area contributed by atoms with E-state index in [1.165, 1.54) is 25.1 Å². The van der Waals surface area contributed by atoms with Gasteiger partial charge in [0.05, 0.1) is 50.6 Å². The van der Waals surface area contributed by atoms with E-state index in [9.17, 15) is 18.3 Å². The Kier molecular flexibility index (Phi) is 14.6. The number of nitrogens with one attached hydrogen (secondary N) is 3. The number of methoxy groups -OCH3 is 3. The number of benzene rings is 5. The monoisotopic (exact) mass is 968 g/mol. The van der Waals surface area contributed by atoms with Gasteiger partial charge in [-0.25, -0.2) is 31.3 Å². The number of nitrogens with zero attached hydrogens (tertiary/aromatic N) is 6. The number of aliphatic hydroxyl groups is 1. The van der Waals surface area contributed by atoms with Crippen molar-refractivity contribution in [2.24, 2.45) is 0 Å². The van der Waals surface area contributed by atoms with E-state index >= 15 is 8.42 Å². The predicted molar refractivity (Wildman–Crippen MR) is 253 cm³/mol. The molecule has 2 heterocycles. The number of aromatic nitrogens is 6. The lowest BCUT2D eigenvalue weighted by molar-refractivity contribution is 0.0494. The number of amides is 1. The summed E-state index contributed by atoms with van der Waals surface area (Å²) in [6.45, 7) is 3.56. The molecule has 0 unspecified atom stereocenters. The molecule has 6 N–H and O–H groups in total. The van der Waals surface area contributed by atoms with Crippen molar-refractivity contribution in [1.29, 1.82) is 0 Å². The Labute approximate surface area is 393 Å². The largest absolute Gasteiger partial charge is 0.497 e. The van der Waals surface area contributed by atoms with E-state index in [1.54, 1.807) is 119 Å². The summed E-state index contributed by atoms with van der Waals surface area (Å²) in [5.41, 5.74) is 8.34. The number of nitrogen functional groups attached to an aromatic ring is 1. The molecule has 0 saturated carbocycles. The van der Waals surface area contributed by atoms with E-state index in [4.69, 9.17) is 24.7 Å². The number of para-hydroxylation sites is 1. The van der Waals surface area contributed by atoms with Gasteiger partial charge in [-0.2, -0.15) is 9.10 Å². The summed E-state index contributed by atoms with van der Waals surface area (Å²) in [7, 11) is -5.32. The van der Waals surface area contributed by atoms with Gasteiger partial charge in [0, 0.05) is 31.7 Å². The van der Waals surface area contributed by atoms with E-state index in [0.29, 0.717) is 45.0 Å². The number of carbonyl (C=O) groups is 1. The van der Waals surface area contributed by atoms with E-state index in [-0.39, 0.29) is 42.5 Å². The highest BCUT2D eigenvalue weighted by molar-refractivity contribution is 7.92. The number of H-pyrrole nitrogens is 1. The molecule has 0 bridgehead atoms. The van der Waals surface area contributed by atoms with Gasteiger partial charge < -0.3 is 40.1 Å². The van der Waals surface area contributed by atoms with E-state index in [1.807, 2.05) is 0 Å². The number of carbonyl (C=O) groups excluding carboxylic acids is 1. The van der Waals surface area contributed by atoms with Crippen LogP contribution in [0, 0.1) is 0 Å². The smallest absolute Gasteiger partial charge is 0.407 e. The molecule has 358 valence electrons. The number of imidazole rings is 1. The summed E-state index contributed by atoms with van der Waals surface area (Å²) >= 11 is 0. The number of aromatic amines is 1. The molecule has 0 aliphatic carbocycles. The number of ether oxygens (including phenoxy) is 4. The van der Waals surface area contributed by atoms with Crippen LogP contribution in [0.5, 0.6) is 17.2 Å². The molecule has 5 aromatic carbocycles. The molecule has 22 heteroatoms. The van der Waals surface area contributed by atoms with Crippen molar-refractivity contribution in [2.45, 2.75) is 61.9 Å². The van der Waals surface area contributed by atoms with E-state index < -0.39 is 60.7 Å². The molecule has 20 nitrogen and oxygen atoms in total. The number of nitrogens with two attached hydrogens (primary N) is 1. The number of hydrogen-bond acceptors (Lipinski definition) is 15. The summed E-state index contributed by atoms with van der Waals surface area (Å²) in [5.74, 6) is 1.54. The van der Waals surface area contributed by atoms with Crippen LogP contribution in [0.2, 0.25) is 0 Å². The van der Waals surface area contributed by atoms with Crippen LogP contribution in [-0.4, -0.2) is 109 Å². The molecular formula is C46H52N10O10S2. The van der Waals surface area contributed by atoms with Crippen LogP contribution in [0.3, 0.4) is 0 Å². The van der Waals surface area contributed by atoms with Crippen LogP contribution >= 0.6 is 0 Å². The van der Waals surface area contributed by atoms with Crippen molar-refractivity contribution in [2.75, 3.05) is 40.2 Å². The number of anilines is 1. The van der Waals surface area contributed by atoms with Crippen molar-refractivity contribution in [1.82, 2.24) is 44.5 Å². The SMILES string of the molecule is COc1ccc(CN(Cc2ccc(OC)cc2)S(=O)(=O)c2c(S(=O)(=O)NC[C@H](O)CNC(=O)OC(C)(C)C)ccc(-c3cccc4[nH]c(N)nc34)c2-c2nnn(Cc3ccc(OC)cc3)n2)cc1. The minimum absolute atomic E-state index is 0.0821. The number of alkyl carbamates (subject to hydrolysis) is 1. The summed E-state index contributed by atoms with van der Waals surface area (Å²) in [5, 5.41) is 26.7. The second-order valence-corrected chi connectivity index (χ2v) is 20.1. The van der Waals surface area contributed by atoms with E-state index in [2.05, 4.69) is 35.4 Å². The Balaban J connectivity index is 1.44. The number of aliphatic hydroxyl groups excluding tert-OH is 1. The van der Waals surface area contributed by atoms with Crippen LogP contribution in [-0.2, 0) is 44.4 Å². The maximum absolute atomic E-state index is 16.0. The zero-order valence-electron chi connectivity index (χ0n) is 38.1. The second kappa shape index (κ2) is 20.4. The van der Waals surface area contributed by atoms with Crippen LogP contribution in [0.25, 0.3) is 33.5 Å². The van der Waals surface area contributed by atoms with Crippen molar-refractivity contribution in [3.63, 3.8) is 0 Å². The van der Waals surface area contributed by atoms with Gasteiger partial charge in [0.25, 0.3) is 0 Å². The van der Waals surface area contributed by atoms with Gasteiger partial charge in [-0.3, -0.25) is 0 Å². The highest BCUT2D eigenvalue weighted by Gasteiger charge is 2.38. The first-order chi connectivity index (χ1) is 32.4. The fourth-order valence-corrected chi connectivity index (χ4v) is 10.6. The molecule has 0 aliphatic rings. The molecule has 7 aromatic rings. The third kappa shape index (κ3) is 11.5. The van der Waals surface area contributed by atoms with Crippen LogP contribution in [0.1, 0.15) is 37.5 Å². The first kappa shape index (κ1) is 48.8. The molecule has 68 heavy (non-hydrogen) atoms. The molecule has 7 rings (SSSR count). The second-order valence-electron chi connectivity index (χ2n) is 16.5. The van der Waals surface area contributed by atoms with Crippen molar-refractivity contribution in [3.05, 3.63) is 120 Å².